The van der Waals surface area contributed by atoms with Crippen molar-refractivity contribution in [3.63, 3.8) is 0 Å². The van der Waals surface area contributed by atoms with Gasteiger partial charge in [-0.25, -0.2) is 0 Å². The number of carbonyl (C=O) groups excluding carboxylic acids is 1. The van der Waals surface area contributed by atoms with Crippen molar-refractivity contribution in [3.8, 4) is 0 Å². The largest absolute Gasteiger partial charge is 0.462 e. The van der Waals surface area contributed by atoms with Crippen LogP contribution in [0.5, 0.6) is 0 Å². The van der Waals surface area contributed by atoms with Gasteiger partial charge in [-0.15, -0.1) is 0 Å². The molecular formula is C32H52O2. The van der Waals surface area contributed by atoms with Crippen LogP contribution in [0.3, 0.4) is 0 Å². The number of rotatable bonds is 2. The van der Waals surface area contributed by atoms with Crippen molar-refractivity contribution in [2.45, 2.75) is 133 Å². The molecule has 5 rings (SSSR count). The van der Waals surface area contributed by atoms with Gasteiger partial charge in [-0.05, 0) is 110 Å². The second-order valence-electron chi connectivity index (χ2n) is 15.1. The monoisotopic (exact) mass is 468 g/mol. The first-order chi connectivity index (χ1) is 15.7. The summed E-state index contributed by atoms with van der Waals surface area (Å²) in [6.45, 7) is 22.0. The maximum Gasteiger partial charge on any atom is 0.302 e. The second-order valence-corrected chi connectivity index (χ2v) is 15.1. The highest BCUT2D eigenvalue weighted by atomic mass is 16.5. The molecule has 0 bridgehead atoms. The predicted molar refractivity (Wildman–Crippen MR) is 140 cm³/mol. The smallest absolute Gasteiger partial charge is 0.302 e. The van der Waals surface area contributed by atoms with Crippen LogP contribution >= 0.6 is 0 Å². The Morgan fingerprint density at radius 3 is 2.09 bits per heavy atom. The molecule has 2 heteroatoms. The summed E-state index contributed by atoms with van der Waals surface area (Å²) in [7, 11) is 0. The van der Waals surface area contributed by atoms with Crippen LogP contribution in [0, 0.1) is 50.7 Å². The van der Waals surface area contributed by atoms with Gasteiger partial charge in [0.15, 0.2) is 0 Å². The third-order valence-corrected chi connectivity index (χ3v) is 13.5. The molecular weight excluding hydrogens is 416 g/mol. The van der Waals surface area contributed by atoms with Gasteiger partial charge in [0, 0.05) is 12.3 Å². The van der Waals surface area contributed by atoms with Crippen molar-refractivity contribution in [2.75, 3.05) is 0 Å². The summed E-state index contributed by atoms with van der Waals surface area (Å²) >= 11 is 0. The predicted octanol–water partition coefficient (Wildman–Crippen LogP) is 8.74. The topological polar surface area (TPSA) is 26.3 Å². The average Bonchev–Trinajstić information content (AvgIpc) is 3.08. The van der Waals surface area contributed by atoms with E-state index >= 15 is 0 Å². The van der Waals surface area contributed by atoms with Gasteiger partial charge in [0.05, 0.1) is 0 Å². The maximum absolute atomic E-state index is 11.9. The highest BCUT2D eigenvalue weighted by Crippen LogP contribution is 2.77. The minimum atomic E-state index is -0.105. The zero-order valence-corrected chi connectivity index (χ0v) is 23.8. The first kappa shape index (κ1) is 24.9. The lowest BCUT2D eigenvalue weighted by molar-refractivity contribution is -0.242. The van der Waals surface area contributed by atoms with Gasteiger partial charge in [0.1, 0.15) is 6.10 Å². The number of allylic oxidation sites excluding steroid dienone is 2. The minimum absolute atomic E-state index is 0.0593. The molecule has 0 saturated heterocycles. The molecule has 0 N–H and O–H groups in total. The van der Waals surface area contributed by atoms with E-state index in [9.17, 15) is 4.79 Å². The van der Waals surface area contributed by atoms with E-state index in [0.29, 0.717) is 27.6 Å². The Bertz CT molecular complexity index is 897. The quantitative estimate of drug-likeness (QED) is 0.299. The van der Waals surface area contributed by atoms with Crippen LogP contribution in [0.1, 0.15) is 127 Å². The highest BCUT2D eigenvalue weighted by molar-refractivity contribution is 5.66. The van der Waals surface area contributed by atoms with Gasteiger partial charge in [-0.2, -0.15) is 0 Å². The van der Waals surface area contributed by atoms with Crippen LogP contribution in [0.2, 0.25) is 0 Å². The molecule has 2 nitrogen and oxygen atoms in total. The molecule has 4 fully saturated rings. The van der Waals surface area contributed by atoms with Crippen molar-refractivity contribution in [2.24, 2.45) is 50.7 Å². The number of hydrogen-bond donors (Lipinski definition) is 0. The van der Waals surface area contributed by atoms with Gasteiger partial charge in [0.2, 0.25) is 0 Å². The first-order valence-electron chi connectivity index (χ1n) is 14.6. The number of fused-ring (bicyclic) bond motifs is 7. The molecule has 0 spiro atoms. The van der Waals surface area contributed by atoms with E-state index in [1.165, 1.54) is 57.8 Å². The molecule has 0 aromatic heterocycles. The zero-order chi connectivity index (χ0) is 24.9. The summed E-state index contributed by atoms with van der Waals surface area (Å²) in [5.41, 5.74) is 5.41. The summed E-state index contributed by atoms with van der Waals surface area (Å²) in [5.74, 6) is 2.89. The second kappa shape index (κ2) is 7.61. The third kappa shape index (κ3) is 3.01. The molecule has 8 atom stereocenters. The van der Waals surface area contributed by atoms with E-state index in [0.717, 1.165) is 24.2 Å². The number of carbonyl (C=O) groups is 1. The van der Waals surface area contributed by atoms with E-state index in [2.05, 4.69) is 55.4 Å². The molecule has 0 radical (unpaired) electrons. The molecule has 0 amide bonds. The Kier molecular flexibility index (Phi) is 5.57. The molecule has 192 valence electrons. The van der Waals surface area contributed by atoms with E-state index in [-0.39, 0.29) is 17.5 Å². The Labute approximate surface area is 210 Å². The van der Waals surface area contributed by atoms with E-state index in [1.807, 2.05) is 11.1 Å². The Balaban J connectivity index is 1.50. The van der Waals surface area contributed by atoms with Gasteiger partial charge >= 0.3 is 5.97 Å². The maximum atomic E-state index is 11.9. The van der Waals surface area contributed by atoms with Crippen molar-refractivity contribution < 1.29 is 9.53 Å². The summed E-state index contributed by atoms with van der Waals surface area (Å²) in [5, 5.41) is 0. The average molecular weight is 469 g/mol. The fourth-order valence-electron chi connectivity index (χ4n) is 11.7. The van der Waals surface area contributed by atoms with Crippen LogP contribution in [0.4, 0.5) is 0 Å². The van der Waals surface area contributed by atoms with Gasteiger partial charge in [-0.3, -0.25) is 4.79 Å². The van der Waals surface area contributed by atoms with Gasteiger partial charge in [0.25, 0.3) is 0 Å². The molecule has 4 saturated carbocycles. The van der Waals surface area contributed by atoms with Crippen LogP contribution in [0.25, 0.3) is 0 Å². The fraction of sp³-hybridized carbons (Fsp3) is 0.906. The molecule has 0 unspecified atom stereocenters. The normalized spacial score (nSPS) is 49.7. The standard InChI is InChI=1S/C32H52O2/c1-20(2)22-12-16-29(6)23(22)13-18-31(8)25(29)10-11-26-30(7)17-15-27(34-21(3)33)28(4,5)24(30)14-19-32(26,31)9/h20,24-27H,10-19H2,1-9H3/t24-,25+,26+,27-,29-,30-,31+,32+/m0/s1. The molecule has 34 heavy (non-hydrogen) atoms. The van der Waals surface area contributed by atoms with E-state index in [1.54, 1.807) is 6.92 Å². The SMILES string of the molecule is CC(=O)O[C@H]1CC[C@]2(C)[C@H]3CC[C@@H]4[C@@]5(C)CCC(C(C)C)=C5CC[C@@]4(C)[C@]3(C)CC[C@H]2C1(C)C. The number of esters is 1. The van der Waals surface area contributed by atoms with Crippen LogP contribution in [-0.4, -0.2) is 12.1 Å². The van der Waals surface area contributed by atoms with Gasteiger partial charge in [-0.1, -0.05) is 66.5 Å². The van der Waals surface area contributed by atoms with Crippen molar-refractivity contribution in [3.05, 3.63) is 11.1 Å². The van der Waals surface area contributed by atoms with Crippen LogP contribution < -0.4 is 0 Å². The summed E-state index contributed by atoms with van der Waals surface area (Å²) in [6, 6.07) is 0. The highest BCUT2D eigenvalue weighted by Gasteiger charge is 2.70. The minimum Gasteiger partial charge on any atom is -0.462 e. The molecule has 5 aliphatic rings. The molecule has 0 aromatic rings. The Hall–Kier alpha value is -0.790. The summed E-state index contributed by atoms with van der Waals surface area (Å²) < 4.78 is 5.91. The fourth-order valence-corrected chi connectivity index (χ4v) is 11.7. The van der Waals surface area contributed by atoms with Crippen molar-refractivity contribution >= 4 is 5.97 Å². The zero-order valence-electron chi connectivity index (χ0n) is 23.8. The molecule has 0 aliphatic heterocycles. The van der Waals surface area contributed by atoms with Gasteiger partial charge < -0.3 is 4.74 Å². The lowest BCUT2D eigenvalue weighted by atomic mass is 9.32. The Morgan fingerprint density at radius 2 is 1.44 bits per heavy atom. The van der Waals surface area contributed by atoms with Crippen molar-refractivity contribution in [1.29, 1.82) is 0 Å². The molecule has 0 aromatic carbocycles. The third-order valence-electron chi connectivity index (χ3n) is 13.5. The van der Waals surface area contributed by atoms with E-state index < -0.39 is 0 Å². The lowest BCUT2D eigenvalue weighted by Crippen LogP contribution is -2.66. The van der Waals surface area contributed by atoms with E-state index in [4.69, 9.17) is 4.74 Å². The number of ether oxygens (including phenoxy) is 1. The first-order valence-corrected chi connectivity index (χ1v) is 14.6. The summed E-state index contributed by atoms with van der Waals surface area (Å²) in [4.78, 5) is 11.9. The molecule has 0 heterocycles. The van der Waals surface area contributed by atoms with Crippen LogP contribution in [-0.2, 0) is 9.53 Å². The number of hydrogen-bond acceptors (Lipinski definition) is 2. The van der Waals surface area contributed by atoms with Crippen LogP contribution in [0.15, 0.2) is 11.1 Å². The Morgan fingerprint density at radius 1 is 0.794 bits per heavy atom. The van der Waals surface area contributed by atoms with Crippen molar-refractivity contribution in [1.82, 2.24) is 0 Å². The lowest BCUT2D eigenvalue weighted by Gasteiger charge is -2.73. The summed E-state index contributed by atoms with van der Waals surface area (Å²) in [6.07, 6.45) is 13.3. The molecule has 5 aliphatic carbocycles.